The zero-order chi connectivity index (χ0) is 15.0. The standard InChI is InChI=1S/C15H20N4S2/c1-4-7-11(12-8-6-9-21-12)19-14-13(16-15(19)20)10(3)17-18(14)5-2/h6,8-9,11H,4-5,7H2,1-3H3,(H,16,20). The lowest BCUT2D eigenvalue weighted by molar-refractivity contribution is 0.529. The maximum absolute atomic E-state index is 5.61. The second kappa shape index (κ2) is 5.77. The number of aromatic nitrogens is 4. The van der Waals surface area contributed by atoms with Crippen molar-refractivity contribution in [3.63, 3.8) is 0 Å². The molecule has 0 bridgehead atoms. The van der Waals surface area contributed by atoms with Gasteiger partial charge in [0.05, 0.1) is 11.7 Å². The fourth-order valence-corrected chi connectivity index (χ4v) is 4.05. The topological polar surface area (TPSA) is 38.5 Å². The minimum Gasteiger partial charge on any atom is -0.328 e. The molecule has 1 atom stereocenters. The zero-order valence-corrected chi connectivity index (χ0v) is 14.2. The van der Waals surface area contributed by atoms with Gasteiger partial charge in [-0.25, -0.2) is 4.68 Å². The molecule has 3 aromatic heterocycles. The van der Waals surface area contributed by atoms with Gasteiger partial charge in [0.15, 0.2) is 10.4 Å². The van der Waals surface area contributed by atoms with E-state index in [0.29, 0.717) is 0 Å². The first-order valence-corrected chi connectivity index (χ1v) is 8.67. The number of nitrogens with one attached hydrogen (secondary N) is 1. The molecule has 0 fully saturated rings. The van der Waals surface area contributed by atoms with E-state index in [0.717, 1.165) is 41.0 Å². The fraction of sp³-hybridized carbons (Fsp3) is 0.467. The molecule has 0 saturated carbocycles. The Morgan fingerprint density at radius 1 is 1.43 bits per heavy atom. The van der Waals surface area contributed by atoms with Crippen molar-refractivity contribution >= 4 is 34.7 Å². The highest BCUT2D eigenvalue weighted by Gasteiger charge is 2.21. The molecule has 3 heterocycles. The molecule has 21 heavy (non-hydrogen) atoms. The summed E-state index contributed by atoms with van der Waals surface area (Å²) in [6, 6.07) is 4.60. The van der Waals surface area contributed by atoms with E-state index in [1.807, 2.05) is 11.6 Å². The summed E-state index contributed by atoms with van der Waals surface area (Å²) in [6.07, 6.45) is 2.20. The van der Waals surface area contributed by atoms with Crippen molar-refractivity contribution in [2.75, 3.05) is 0 Å². The number of hydrogen-bond acceptors (Lipinski definition) is 3. The molecule has 0 radical (unpaired) electrons. The summed E-state index contributed by atoms with van der Waals surface area (Å²) in [7, 11) is 0. The second-order valence-corrected chi connectivity index (χ2v) is 6.59. The fourth-order valence-electron chi connectivity index (χ4n) is 2.89. The Morgan fingerprint density at radius 3 is 2.86 bits per heavy atom. The van der Waals surface area contributed by atoms with E-state index in [1.54, 1.807) is 11.3 Å². The smallest absolute Gasteiger partial charge is 0.179 e. The van der Waals surface area contributed by atoms with Crippen LogP contribution in [0.5, 0.6) is 0 Å². The van der Waals surface area contributed by atoms with Crippen molar-refractivity contribution < 1.29 is 0 Å². The van der Waals surface area contributed by atoms with Crippen molar-refractivity contribution in [2.45, 2.75) is 46.2 Å². The Bertz CT molecular complexity index is 792. The first kappa shape index (κ1) is 14.5. The Balaban J connectivity index is 2.26. The Hall–Kier alpha value is -1.40. The van der Waals surface area contributed by atoms with Gasteiger partial charge in [-0.05, 0) is 43.9 Å². The first-order chi connectivity index (χ1) is 10.2. The molecule has 0 aromatic carbocycles. The molecule has 0 spiro atoms. The van der Waals surface area contributed by atoms with Gasteiger partial charge in [-0.3, -0.25) is 4.57 Å². The van der Waals surface area contributed by atoms with Crippen LogP contribution in [0.2, 0.25) is 0 Å². The third kappa shape index (κ3) is 2.36. The van der Waals surface area contributed by atoms with Crippen molar-refractivity contribution in [2.24, 2.45) is 0 Å². The number of aromatic amines is 1. The molecular weight excluding hydrogens is 300 g/mol. The third-order valence-electron chi connectivity index (χ3n) is 3.82. The highest BCUT2D eigenvalue weighted by Crippen LogP contribution is 2.31. The molecule has 0 aliphatic rings. The number of hydrogen-bond donors (Lipinski definition) is 1. The van der Waals surface area contributed by atoms with E-state index in [-0.39, 0.29) is 6.04 Å². The van der Waals surface area contributed by atoms with Gasteiger partial charge >= 0.3 is 0 Å². The molecule has 6 heteroatoms. The van der Waals surface area contributed by atoms with Crippen LogP contribution in [0.25, 0.3) is 11.2 Å². The van der Waals surface area contributed by atoms with Crippen molar-refractivity contribution in [1.29, 1.82) is 0 Å². The van der Waals surface area contributed by atoms with E-state index in [2.05, 4.69) is 46.0 Å². The van der Waals surface area contributed by atoms with E-state index < -0.39 is 0 Å². The zero-order valence-electron chi connectivity index (χ0n) is 12.6. The second-order valence-electron chi connectivity index (χ2n) is 5.22. The van der Waals surface area contributed by atoms with Gasteiger partial charge in [-0.15, -0.1) is 11.3 Å². The van der Waals surface area contributed by atoms with Gasteiger partial charge in [0.1, 0.15) is 5.52 Å². The third-order valence-corrected chi connectivity index (χ3v) is 5.10. The van der Waals surface area contributed by atoms with Gasteiger partial charge in [0.25, 0.3) is 0 Å². The molecule has 112 valence electrons. The number of thiophene rings is 1. The van der Waals surface area contributed by atoms with Gasteiger partial charge in [0, 0.05) is 11.4 Å². The number of aryl methyl sites for hydroxylation is 2. The summed E-state index contributed by atoms with van der Waals surface area (Å²) in [5.41, 5.74) is 3.20. The van der Waals surface area contributed by atoms with E-state index in [9.17, 15) is 0 Å². The lowest BCUT2D eigenvalue weighted by Gasteiger charge is -2.18. The Kier molecular flexibility index (Phi) is 3.99. The van der Waals surface area contributed by atoms with Crippen LogP contribution in [0, 0.1) is 11.7 Å². The van der Waals surface area contributed by atoms with Crippen LogP contribution in [0.3, 0.4) is 0 Å². The quantitative estimate of drug-likeness (QED) is 0.694. The Labute approximate surface area is 133 Å². The molecule has 0 amide bonds. The van der Waals surface area contributed by atoms with Gasteiger partial charge in [-0.1, -0.05) is 19.4 Å². The van der Waals surface area contributed by atoms with Crippen LogP contribution in [0.15, 0.2) is 17.5 Å². The number of imidazole rings is 1. The molecule has 0 aliphatic carbocycles. The minimum absolute atomic E-state index is 0.289. The average Bonchev–Trinajstić information content (AvgIpc) is 3.15. The molecule has 0 saturated heterocycles. The molecule has 3 aromatic rings. The van der Waals surface area contributed by atoms with Gasteiger partial charge < -0.3 is 4.98 Å². The van der Waals surface area contributed by atoms with Crippen LogP contribution < -0.4 is 0 Å². The first-order valence-electron chi connectivity index (χ1n) is 7.38. The summed E-state index contributed by atoms with van der Waals surface area (Å²) in [4.78, 5) is 4.71. The monoisotopic (exact) mass is 320 g/mol. The van der Waals surface area contributed by atoms with E-state index in [1.165, 1.54) is 4.88 Å². The summed E-state index contributed by atoms with van der Waals surface area (Å²) in [6.45, 7) is 7.22. The SMILES string of the molecule is CCCC(c1cccs1)n1c(=S)[nH]c2c(C)nn(CC)c21. The summed E-state index contributed by atoms with van der Waals surface area (Å²) in [5.74, 6) is 0. The number of H-pyrrole nitrogens is 1. The summed E-state index contributed by atoms with van der Waals surface area (Å²) < 4.78 is 5.09. The lowest BCUT2D eigenvalue weighted by Crippen LogP contribution is -2.12. The highest BCUT2D eigenvalue weighted by molar-refractivity contribution is 7.71. The number of fused-ring (bicyclic) bond motifs is 1. The highest BCUT2D eigenvalue weighted by atomic mass is 32.1. The lowest BCUT2D eigenvalue weighted by atomic mass is 10.1. The average molecular weight is 320 g/mol. The van der Waals surface area contributed by atoms with E-state index >= 15 is 0 Å². The van der Waals surface area contributed by atoms with Crippen molar-refractivity contribution in [1.82, 2.24) is 19.3 Å². The maximum atomic E-state index is 5.61. The van der Waals surface area contributed by atoms with Gasteiger partial charge in [0.2, 0.25) is 0 Å². The number of nitrogens with zero attached hydrogens (tertiary/aromatic N) is 3. The predicted molar refractivity (Wildman–Crippen MR) is 90.7 cm³/mol. The maximum Gasteiger partial charge on any atom is 0.179 e. The van der Waals surface area contributed by atoms with Crippen LogP contribution in [-0.4, -0.2) is 19.3 Å². The van der Waals surface area contributed by atoms with Crippen LogP contribution in [-0.2, 0) is 6.54 Å². The normalized spacial score (nSPS) is 13.1. The molecular formula is C15H20N4S2. The van der Waals surface area contributed by atoms with Crippen LogP contribution in [0.4, 0.5) is 0 Å². The van der Waals surface area contributed by atoms with E-state index in [4.69, 9.17) is 12.2 Å². The molecule has 0 aliphatic heterocycles. The molecule has 4 nitrogen and oxygen atoms in total. The predicted octanol–water partition coefficient (Wildman–Crippen LogP) is 4.67. The van der Waals surface area contributed by atoms with Crippen LogP contribution in [0.1, 0.15) is 43.3 Å². The van der Waals surface area contributed by atoms with Gasteiger partial charge in [-0.2, -0.15) is 5.10 Å². The molecule has 1 unspecified atom stereocenters. The van der Waals surface area contributed by atoms with Crippen LogP contribution >= 0.6 is 23.6 Å². The Morgan fingerprint density at radius 2 is 2.24 bits per heavy atom. The minimum atomic E-state index is 0.289. The largest absolute Gasteiger partial charge is 0.328 e. The summed E-state index contributed by atoms with van der Waals surface area (Å²) in [5, 5.41) is 6.75. The van der Waals surface area contributed by atoms with Crippen molar-refractivity contribution in [3.05, 3.63) is 32.9 Å². The summed E-state index contributed by atoms with van der Waals surface area (Å²) >= 11 is 7.41. The molecule has 1 N–H and O–H groups in total. The number of rotatable bonds is 5. The van der Waals surface area contributed by atoms with Crippen molar-refractivity contribution in [3.8, 4) is 0 Å². The molecule has 3 rings (SSSR count).